The average Bonchev–Trinajstić information content (AvgIpc) is 3.21. The minimum atomic E-state index is -0.796. The van der Waals surface area contributed by atoms with E-state index in [-0.39, 0.29) is 30.5 Å². The Kier molecular flexibility index (Phi) is 9.12. The van der Waals surface area contributed by atoms with Crippen LogP contribution in [0.1, 0.15) is 44.9 Å². The van der Waals surface area contributed by atoms with E-state index in [9.17, 15) is 9.59 Å². The van der Waals surface area contributed by atoms with Crippen LogP contribution in [0.25, 0.3) is 6.08 Å². The number of hydrogen-bond acceptors (Lipinski definition) is 9. The predicted molar refractivity (Wildman–Crippen MR) is 154 cm³/mol. The van der Waals surface area contributed by atoms with Gasteiger partial charge in [0.2, 0.25) is 0 Å². The number of halogens is 1. The first-order valence-corrected chi connectivity index (χ1v) is 14.1. The first kappa shape index (κ1) is 29.1. The van der Waals surface area contributed by atoms with Gasteiger partial charge in [0.1, 0.15) is 17.9 Å². The molecule has 0 spiro atoms. The Labute approximate surface area is 243 Å². The minimum absolute atomic E-state index is 0.123. The van der Waals surface area contributed by atoms with Crippen molar-refractivity contribution >= 4 is 39.3 Å². The number of hydrogen-bond donors (Lipinski definition) is 0. The summed E-state index contributed by atoms with van der Waals surface area (Å²) >= 11 is 4.68. The Morgan fingerprint density at radius 2 is 2.02 bits per heavy atom. The summed E-state index contributed by atoms with van der Waals surface area (Å²) in [5.74, 6) is 0.820. The molecule has 0 saturated carbocycles. The molecule has 2 heterocycles. The number of ether oxygens (including phenoxy) is 4. The molecule has 1 aliphatic rings. The molecule has 11 heteroatoms. The first-order valence-electron chi connectivity index (χ1n) is 12.5. The van der Waals surface area contributed by atoms with Crippen LogP contribution < -0.4 is 29.1 Å². The maximum Gasteiger partial charge on any atom is 0.338 e. The molecule has 1 aliphatic heterocycles. The summed E-state index contributed by atoms with van der Waals surface area (Å²) in [6.07, 6.45) is 1.60. The highest BCUT2D eigenvalue weighted by Crippen LogP contribution is 2.38. The van der Waals surface area contributed by atoms with Gasteiger partial charge in [0.05, 0.1) is 40.1 Å². The van der Waals surface area contributed by atoms with Gasteiger partial charge in [-0.1, -0.05) is 29.5 Å². The van der Waals surface area contributed by atoms with Crippen LogP contribution in [0.3, 0.4) is 0 Å². The Morgan fingerprint density at radius 1 is 1.27 bits per heavy atom. The van der Waals surface area contributed by atoms with Crippen LogP contribution in [-0.4, -0.2) is 37.0 Å². The van der Waals surface area contributed by atoms with Crippen molar-refractivity contribution < 1.29 is 23.7 Å². The van der Waals surface area contributed by atoms with Gasteiger partial charge >= 0.3 is 5.97 Å². The summed E-state index contributed by atoms with van der Waals surface area (Å²) in [7, 11) is 1.50. The lowest BCUT2D eigenvalue weighted by Gasteiger charge is -2.26. The Morgan fingerprint density at radius 3 is 2.70 bits per heavy atom. The van der Waals surface area contributed by atoms with Gasteiger partial charge in [0, 0.05) is 5.56 Å². The maximum atomic E-state index is 14.0. The van der Waals surface area contributed by atoms with Crippen LogP contribution in [0.15, 0.2) is 61.9 Å². The van der Waals surface area contributed by atoms with E-state index in [1.54, 1.807) is 32.1 Å². The summed E-state index contributed by atoms with van der Waals surface area (Å²) in [6.45, 7) is 7.34. The van der Waals surface area contributed by atoms with E-state index < -0.39 is 12.0 Å². The number of carbonyl (C=O) groups is 1. The van der Waals surface area contributed by atoms with Gasteiger partial charge in [0.25, 0.3) is 5.56 Å². The minimum Gasteiger partial charge on any atom is -0.493 e. The van der Waals surface area contributed by atoms with Gasteiger partial charge in [-0.25, -0.2) is 9.79 Å². The number of aromatic nitrogens is 1. The molecular weight excluding hydrogens is 598 g/mol. The molecule has 2 aromatic carbocycles. The molecule has 0 radical (unpaired) electrons. The fourth-order valence-corrected chi connectivity index (χ4v) is 5.99. The normalized spacial score (nSPS) is 14.8. The molecule has 0 unspecified atom stereocenters. The molecule has 1 aromatic heterocycles. The number of allylic oxidation sites excluding steroid dienone is 1. The predicted octanol–water partition coefficient (Wildman–Crippen LogP) is 4.26. The van der Waals surface area contributed by atoms with Crippen molar-refractivity contribution in [3.63, 3.8) is 0 Å². The largest absolute Gasteiger partial charge is 0.493 e. The van der Waals surface area contributed by atoms with Crippen molar-refractivity contribution in [1.82, 2.24) is 4.57 Å². The van der Waals surface area contributed by atoms with E-state index in [2.05, 4.69) is 20.9 Å². The van der Waals surface area contributed by atoms with Crippen molar-refractivity contribution in [3.8, 4) is 23.3 Å². The molecular formula is C29H28BrN3O6S. The molecule has 0 N–H and O–H groups in total. The lowest BCUT2D eigenvalue weighted by molar-refractivity contribution is -0.139. The second-order valence-electron chi connectivity index (χ2n) is 8.99. The molecule has 0 aliphatic carbocycles. The Balaban J connectivity index is 1.94. The van der Waals surface area contributed by atoms with Crippen molar-refractivity contribution in [2.75, 3.05) is 20.3 Å². The van der Waals surface area contributed by atoms with Gasteiger partial charge < -0.3 is 18.9 Å². The fourth-order valence-electron chi connectivity index (χ4n) is 4.37. The molecule has 4 rings (SSSR count). The number of benzene rings is 2. The molecule has 0 amide bonds. The number of nitriles is 1. The smallest absolute Gasteiger partial charge is 0.338 e. The van der Waals surface area contributed by atoms with Gasteiger partial charge in [-0.15, -0.1) is 0 Å². The van der Waals surface area contributed by atoms with Gasteiger partial charge in [0.15, 0.2) is 22.9 Å². The quantitative estimate of drug-likeness (QED) is 0.327. The van der Waals surface area contributed by atoms with Crippen molar-refractivity contribution in [3.05, 3.63) is 83.0 Å². The van der Waals surface area contributed by atoms with Crippen LogP contribution >= 0.6 is 27.3 Å². The molecule has 40 heavy (non-hydrogen) atoms. The third kappa shape index (κ3) is 5.83. The van der Waals surface area contributed by atoms with Crippen molar-refractivity contribution in [1.29, 1.82) is 5.26 Å². The van der Waals surface area contributed by atoms with Crippen molar-refractivity contribution in [2.24, 2.45) is 4.99 Å². The lowest BCUT2D eigenvalue weighted by Crippen LogP contribution is -2.40. The monoisotopic (exact) mass is 625 g/mol. The van der Waals surface area contributed by atoms with E-state index in [0.29, 0.717) is 47.9 Å². The molecule has 0 fully saturated rings. The third-order valence-electron chi connectivity index (χ3n) is 5.92. The van der Waals surface area contributed by atoms with Crippen LogP contribution in [0, 0.1) is 11.3 Å². The maximum absolute atomic E-state index is 14.0. The summed E-state index contributed by atoms with van der Waals surface area (Å²) in [6, 6.07) is 12.0. The van der Waals surface area contributed by atoms with Crippen molar-refractivity contribution in [2.45, 2.75) is 39.8 Å². The molecule has 208 valence electrons. The fraction of sp³-hybridized carbons (Fsp3) is 0.310. The second kappa shape index (κ2) is 12.5. The molecule has 9 nitrogen and oxygen atoms in total. The van der Waals surface area contributed by atoms with Crippen LogP contribution in [0.4, 0.5) is 0 Å². The van der Waals surface area contributed by atoms with Crippen LogP contribution in [-0.2, 0) is 9.53 Å². The number of fused-ring (bicyclic) bond motifs is 1. The summed E-state index contributed by atoms with van der Waals surface area (Å²) in [5.41, 5.74) is 1.76. The van der Waals surface area contributed by atoms with Gasteiger partial charge in [-0.2, -0.15) is 5.26 Å². The number of esters is 1. The highest BCUT2D eigenvalue weighted by molar-refractivity contribution is 9.10. The number of para-hydroxylation sites is 1. The zero-order chi connectivity index (χ0) is 29.0. The highest BCUT2D eigenvalue weighted by Gasteiger charge is 2.35. The molecule has 0 bridgehead atoms. The van der Waals surface area contributed by atoms with E-state index >= 15 is 0 Å². The summed E-state index contributed by atoms with van der Waals surface area (Å²) < 4.78 is 24.9. The summed E-state index contributed by atoms with van der Waals surface area (Å²) in [5, 5.41) is 8.89. The number of methoxy groups -OCH3 is 1. The lowest BCUT2D eigenvalue weighted by atomic mass is 9.95. The van der Waals surface area contributed by atoms with Gasteiger partial charge in [-0.3, -0.25) is 9.36 Å². The van der Waals surface area contributed by atoms with Crippen LogP contribution in [0.5, 0.6) is 17.2 Å². The molecule has 3 aromatic rings. The second-order valence-corrected chi connectivity index (χ2v) is 10.9. The van der Waals surface area contributed by atoms with E-state index in [1.807, 2.05) is 44.2 Å². The van der Waals surface area contributed by atoms with E-state index in [4.69, 9.17) is 24.2 Å². The summed E-state index contributed by atoms with van der Waals surface area (Å²) in [4.78, 5) is 32.3. The molecule has 0 saturated heterocycles. The SMILES string of the molecule is CCOC(=O)C1=C(C)N=c2s/c(=C/c3cc(Br)c(OCC#N)c(OC)c3)c(=O)n2[C@@H]1c1ccccc1OC(C)C. The zero-order valence-electron chi connectivity index (χ0n) is 22.7. The standard InChI is InChI=1S/C29H28BrN3O6S/c1-6-37-28(35)24-17(4)32-29-33(25(24)19-9-7-8-10-21(19)39-16(2)3)27(34)23(40-29)15-18-13-20(30)26(38-12-11-31)22(14-18)36-5/h7-10,13-16,25H,6,12H2,1-5H3/b23-15+/t25-/m1/s1. The van der Waals surface area contributed by atoms with Crippen LogP contribution in [0.2, 0.25) is 0 Å². The number of nitrogens with zero attached hydrogens (tertiary/aromatic N) is 3. The number of thiazole rings is 1. The average molecular weight is 627 g/mol. The highest BCUT2D eigenvalue weighted by atomic mass is 79.9. The third-order valence-corrected chi connectivity index (χ3v) is 7.50. The topological polar surface area (TPSA) is 112 Å². The Bertz CT molecular complexity index is 1700. The molecule has 1 atom stereocenters. The zero-order valence-corrected chi connectivity index (χ0v) is 25.1. The number of rotatable bonds is 9. The first-order chi connectivity index (χ1) is 19.2. The number of carbonyl (C=O) groups excluding carboxylic acids is 1. The Hall–Kier alpha value is -3.88. The van der Waals surface area contributed by atoms with E-state index in [1.165, 1.54) is 23.0 Å². The van der Waals surface area contributed by atoms with Gasteiger partial charge in [-0.05, 0) is 73.5 Å². The van der Waals surface area contributed by atoms with E-state index in [0.717, 1.165) is 0 Å².